The second kappa shape index (κ2) is 15.1. The van der Waals surface area contributed by atoms with Gasteiger partial charge in [0, 0.05) is 33.5 Å². The average Bonchev–Trinajstić information content (AvgIpc) is 3.69. The lowest BCUT2D eigenvalue weighted by molar-refractivity contribution is 1.19. The zero-order chi connectivity index (χ0) is 41.9. The topological polar surface area (TPSA) is 8.17 Å². The van der Waals surface area contributed by atoms with Crippen molar-refractivity contribution in [2.45, 2.75) is 6.92 Å². The van der Waals surface area contributed by atoms with Crippen LogP contribution in [0, 0.1) is 6.92 Å². The molecule has 0 radical (unpaired) electrons. The number of rotatable bonds is 7. The summed E-state index contributed by atoms with van der Waals surface area (Å²) in [5.41, 5.74) is 15.4. The Labute approximate surface area is 367 Å². The van der Waals surface area contributed by atoms with Crippen molar-refractivity contribution in [2.24, 2.45) is 0 Å². The summed E-state index contributed by atoms with van der Waals surface area (Å²) < 4.78 is 2.44. The number of aromatic nitrogens is 1. The van der Waals surface area contributed by atoms with E-state index in [0.717, 1.165) is 22.7 Å². The van der Waals surface area contributed by atoms with Crippen LogP contribution in [-0.2, 0) is 0 Å². The Balaban J connectivity index is 0.928. The van der Waals surface area contributed by atoms with Gasteiger partial charge < -0.3 is 9.47 Å². The van der Waals surface area contributed by atoms with E-state index in [4.69, 9.17) is 0 Å². The third kappa shape index (κ3) is 6.18. The van der Waals surface area contributed by atoms with Crippen LogP contribution in [0.5, 0.6) is 0 Å². The van der Waals surface area contributed by atoms with Crippen LogP contribution in [0.25, 0.3) is 93.2 Å². The van der Waals surface area contributed by atoms with Crippen molar-refractivity contribution in [1.82, 2.24) is 4.57 Å². The fourth-order valence-electron chi connectivity index (χ4n) is 9.90. The highest BCUT2D eigenvalue weighted by Crippen LogP contribution is 2.42. The van der Waals surface area contributed by atoms with Gasteiger partial charge in [-0.2, -0.15) is 0 Å². The number of benzene rings is 11. The smallest absolute Gasteiger partial charge is 0.0541 e. The van der Waals surface area contributed by atoms with Crippen LogP contribution < -0.4 is 4.90 Å². The van der Waals surface area contributed by atoms with E-state index in [0.29, 0.717) is 0 Å². The normalized spacial score (nSPS) is 11.6. The van der Waals surface area contributed by atoms with Crippen molar-refractivity contribution in [3.63, 3.8) is 0 Å². The van der Waals surface area contributed by atoms with Crippen molar-refractivity contribution in [1.29, 1.82) is 0 Å². The molecule has 0 spiro atoms. The first-order valence-corrected chi connectivity index (χ1v) is 21.8. The molecule has 0 amide bonds. The molecule has 0 fully saturated rings. The first-order valence-electron chi connectivity index (χ1n) is 21.8. The standard InChI is InChI=1S/C61H42N2/c1-41-15-5-13-25-59(41)62(47-34-29-44(30-35-47)50-19-7-6-18-49(50)43-16-3-2-4-17-43)46-32-27-42(28-33-46)45-31-38-61-58(39-45)56-24-12-14-26-60(56)63(61)48-36-37-55-53-22-9-8-20-51(53)52-21-10-11-23-54(52)57(55)40-48/h2-40H,1H3. The number of para-hydroxylation sites is 2. The fourth-order valence-corrected chi connectivity index (χ4v) is 9.90. The average molecular weight is 803 g/mol. The lowest BCUT2D eigenvalue weighted by atomic mass is 9.94. The molecule has 0 aliphatic heterocycles. The molecule has 2 nitrogen and oxygen atoms in total. The van der Waals surface area contributed by atoms with Gasteiger partial charge in [0.2, 0.25) is 0 Å². The highest BCUT2D eigenvalue weighted by molar-refractivity contribution is 6.25. The molecule has 2 heteroatoms. The summed E-state index contributed by atoms with van der Waals surface area (Å²) in [5, 5.41) is 10.2. The van der Waals surface area contributed by atoms with E-state index < -0.39 is 0 Å². The third-order valence-corrected chi connectivity index (χ3v) is 12.9. The minimum Gasteiger partial charge on any atom is -0.310 e. The monoisotopic (exact) mass is 802 g/mol. The van der Waals surface area contributed by atoms with Crippen molar-refractivity contribution in [3.05, 3.63) is 242 Å². The number of hydrogen-bond donors (Lipinski definition) is 0. The number of aryl methyl sites for hydroxylation is 1. The van der Waals surface area contributed by atoms with E-state index in [1.54, 1.807) is 0 Å². The van der Waals surface area contributed by atoms with Gasteiger partial charge in [0.05, 0.1) is 11.0 Å². The summed E-state index contributed by atoms with van der Waals surface area (Å²) in [6.45, 7) is 2.19. The molecule has 1 heterocycles. The van der Waals surface area contributed by atoms with Crippen molar-refractivity contribution in [2.75, 3.05) is 4.90 Å². The number of fused-ring (bicyclic) bond motifs is 9. The van der Waals surface area contributed by atoms with Gasteiger partial charge in [0.1, 0.15) is 0 Å². The Bertz CT molecular complexity index is 3640. The van der Waals surface area contributed by atoms with Gasteiger partial charge in [-0.15, -0.1) is 0 Å². The lowest BCUT2D eigenvalue weighted by Gasteiger charge is -2.27. The lowest BCUT2D eigenvalue weighted by Crippen LogP contribution is -2.11. The van der Waals surface area contributed by atoms with Crippen molar-refractivity contribution in [3.8, 4) is 39.1 Å². The van der Waals surface area contributed by atoms with Gasteiger partial charge in [-0.1, -0.05) is 176 Å². The molecular formula is C61H42N2. The maximum atomic E-state index is 2.44. The molecule has 0 saturated carbocycles. The van der Waals surface area contributed by atoms with Crippen LogP contribution in [0.1, 0.15) is 5.56 Å². The molecule has 0 unspecified atom stereocenters. The van der Waals surface area contributed by atoms with Crippen molar-refractivity contribution < 1.29 is 0 Å². The molecule has 0 bridgehead atoms. The van der Waals surface area contributed by atoms with E-state index in [-0.39, 0.29) is 0 Å². The molecule has 1 aromatic heterocycles. The summed E-state index contributed by atoms with van der Waals surface area (Å²) in [6, 6.07) is 86.4. The largest absolute Gasteiger partial charge is 0.310 e. The first kappa shape index (κ1) is 36.6. The molecule has 0 atom stereocenters. The Hall–Kier alpha value is -8.20. The predicted octanol–water partition coefficient (Wildman–Crippen LogP) is 17.0. The van der Waals surface area contributed by atoms with Crippen LogP contribution in [0.4, 0.5) is 17.1 Å². The second-order valence-electron chi connectivity index (χ2n) is 16.5. The molecule has 12 aromatic rings. The van der Waals surface area contributed by atoms with Gasteiger partial charge >= 0.3 is 0 Å². The Kier molecular flexibility index (Phi) is 8.76. The van der Waals surface area contributed by atoms with E-state index in [9.17, 15) is 0 Å². The summed E-state index contributed by atoms with van der Waals surface area (Å²) in [7, 11) is 0. The van der Waals surface area contributed by atoms with E-state index in [1.165, 1.54) is 93.1 Å². The highest BCUT2D eigenvalue weighted by Gasteiger charge is 2.18. The van der Waals surface area contributed by atoms with E-state index >= 15 is 0 Å². The highest BCUT2D eigenvalue weighted by atomic mass is 15.1. The van der Waals surface area contributed by atoms with Crippen LogP contribution in [0.15, 0.2) is 237 Å². The molecule has 12 rings (SSSR count). The SMILES string of the molecule is Cc1ccccc1N(c1ccc(-c2ccc3c(c2)c2ccccc2n3-c2ccc3c4ccccc4c4ccccc4c3c2)cc1)c1ccc(-c2ccccc2-c2ccccc2)cc1. The fraction of sp³-hybridized carbons (Fsp3) is 0.0164. The molecule has 0 N–H and O–H groups in total. The van der Waals surface area contributed by atoms with Crippen LogP contribution in [-0.4, -0.2) is 4.57 Å². The van der Waals surface area contributed by atoms with Gasteiger partial charge in [-0.25, -0.2) is 0 Å². The quantitative estimate of drug-likeness (QED) is 0.146. The van der Waals surface area contributed by atoms with Crippen LogP contribution in [0.2, 0.25) is 0 Å². The maximum Gasteiger partial charge on any atom is 0.0541 e. The molecule has 63 heavy (non-hydrogen) atoms. The summed E-state index contributed by atoms with van der Waals surface area (Å²) in [4.78, 5) is 2.37. The second-order valence-corrected chi connectivity index (χ2v) is 16.5. The van der Waals surface area contributed by atoms with Crippen LogP contribution >= 0.6 is 0 Å². The van der Waals surface area contributed by atoms with E-state index in [1.807, 2.05) is 0 Å². The van der Waals surface area contributed by atoms with Crippen molar-refractivity contribution >= 4 is 71.2 Å². The zero-order valence-corrected chi connectivity index (χ0v) is 34.9. The molecule has 296 valence electrons. The number of anilines is 3. The minimum atomic E-state index is 1.11. The van der Waals surface area contributed by atoms with Gasteiger partial charge in [0.25, 0.3) is 0 Å². The minimum absolute atomic E-state index is 1.11. The van der Waals surface area contributed by atoms with Gasteiger partial charge in [-0.3, -0.25) is 0 Å². The van der Waals surface area contributed by atoms with Gasteiger partial charge in [0.15, 0.2) is 0 Å². The molecule has 0 aliphatic rings. The summed E-state index contributed by atoms with van der Waals surface area (Å²) >= 11 is 0. The first-order chi connectivity index (χ1) is 31.2. The van der Waals surface area contributed by atoms with E-state index in [2.05, 4.69) is 253 Å². The Morgan fingerprint density at radius 1 is 0.302 bits per heavy atom. The summed E-state index contributed by atoms with van der Waals surface area (Å²) in [5.74, 6) is 0. The predicted molar refractivity (Wildman–Crippen MR) is 269 cm³/mol. The third-order valence-electron chi connectivity index (χ3n) is 12.9. The molecule has 0 aliphatic carbocycles. The van der Waals surface area contributed by atoms with Crippen LogP contribution in [0.3, 0.4) is 0 Å². The zero-order valence-electron chi connectivity index (χ0n) is 34.9. The summed E-state index contributed by atoms with van der Waals surface area (Å²) in [6.07, 6.45) is 0. The molecular weight excluding hydrogens is 761 g/mol. The number of hydrogen-bond acceptors (Lipinski definition) is 1. The number of nitrogens with zero attached hydrogens (tertiary/aromatic N) is 2. The van der Waals surface area contributed by atoms with Gasteiger partial charge in [-0.05, 0) is 139 Å². The Morgan fingerprint density at radius 3 is 1.43 bits per heavy atom. The molecule has 11 aromatic carbocycles. The molecule has 0 saturated heterocycles. The maximum absolute atomic E-state index is 2.44. The Morgan fingerprint density at radius 2 is 0.778 bits per heavy atom.